The number of hydroxylamine groups is 1. The van der Waals surface area contributed by atoms with Gasteiger partial charge >= 0.3 is 6.09 Å². The quantitative estimate of drug-likeness (QED) is 0.874. The van der Waals surface area contributed by atoms with Crippen LogP contribution in [0.4, 0.5) is 16.2 Å². The molecule has 1 amide bonds. The van der Waals surface area contributed by atoms with E-state index in [0.717, 1.165) is 11.4 Å². The fraction of sp³-hybridized carbons (Fsp3) is 0.0714. The molecule has 0 unspecified atom stereocenters. The SMILES string of the molecule is CNOC(=O)N(c1ccccc1)c1ccccc1.Cl. The Morgan fingerprint density at radius 2 is 1.37 bits per heavy atom. The van der Waals surface area contributed by atoms with Crippen LogP contribution in [0.15, 0.2) is 60.7 Å². The largest absolute Gasteiger partial charge is 0.437 e. The predicted molar refractivity (Wildman–Crippen MR) is 77.8 cm³/mol. The molecule has 0 spiro atoms. The van der Waals surface area contributed by atoms with E-state index in [1.165, 1.54) is 4.90 Å². The second kappa shape index (κ2) is 7.41. The minimum absolute atomic E-state index is 0. The zero-order chi connectivity index (χ0) is 12.8. The summed E-state index contributed by atoms with van der Waals surface area (Å²) in [6.45, 7) is 0. The predicted octanol–water partition coefficient (Wildman–Crippen LogP) is 3.52. The van der Waals surface area contributed by atoms with Crippen LogP contribution < -0.4 is 10.4 Å². The summed E-state index contributed by atoms with van der Waals surface area (Å²) in [5.74, 6) is 0. The van der Waals surface area contributed by atoms with Crippen molar-refractivity contribution in [2.45, 2.75) is 0 Å². The Bertz CT molecular complexity index is 466. The highest BCUT2D eigenvalue weighted by molar-refractivity contribution is 5.95. The molecule has 0 aliphatic carbocycles. The second-order valence-electron chi connectivity index (χ2n) is 3.58. The lowest BCUT2D eigenvalue weighted by molar-refractivity contribution is 0.112. The van der Waals surface area contributed by atoms with Gasteiger partial charge in [0.2, 0.25) is 0 Å². The zero-order valence-electron chi connectivity index (χ0n) is 10.4. The molecule has 2 rings (SSSR count). The number of hydrogen-bond acceptors (Lipinski definition) is 3. The summed E-state index contributed by atoms with van der Waals surface area (Å²) in [5, 5.41) is 0. The van der Waals surface area contributed by atoms with E-state index in [0.29, 0.717) is 0 Å². The van der Waals surface area contributed by atoms with E-state index < -0.39 is 6.09 Å². The van der Waals surface area contributed by atoms with E-state index in [9.17, 15) is 4.79 Å². The molecule has 5 heteroatoms. The van der Waals surface area contributed by atoms with Gasteiger partial charge in [-0.2, -0.15) is 5.48 Å². The van der Waals surface area contributed by atoms with Gasteiger partial charge in [-0.3, -0.25) is 0 Å². The number of hydrogen-bond donors (Lipinski definition) is 1. The minimum atomic E-state index is -0.477. The highest BCUT2D eigenvalue weighted by Gasteiger charge is 2.18. The van der Waals surface area contributed by atoms with Gasteiger partial charge in [-0.15, -0.1) is 12.4 Å². The van der Waals surface area contributed by atoms with Gasteiger partial charge in [-0.25, -0.2) is 9.69 Å². The monoisotopic (exact) mass is 278 g/mol. The third-order valence-corrected chi connectivity index (χ3v) is 2.40. The van der Waals surface area contributed by atoms with E-state index in [1.807, 2.05) is 60.7 Å². The summed E-state index contributed by atoms with van der Waals surface area (Å²) in [5.41, 5.74) is 3.90. The zero-order valence-corrected chi connectivity index (χ0v) is 11.3. The second-order valence-corrected chi connectivity index (χ2v) is 3.58. The molecular formula is C14H15ClN2O2. The molecular weight excluding hydrogens is 264 g/mol. The lowest BCUT2D eigenvalue weighted by atomic mass is 10.2. The van der Waals surface area contributed by atoms with Crippen molar-refractivity contribution in [3.8, 4) is 0 Å². The van der Waals surface area contributed by atoms with Crippen molar-refractivity contribution >= 4 is 29.9 Å². The van der Waals surface area contributed by atoms with E-state index in [4.69, 9.17) is 4.84 Å². The molecule has 100 valence electrons. The standard InChI is InChI=1S/C14H14N2O2.ClH/c1-15-18-14(17)16(12-8-4-2-5-9-12)13-10-6-3-7-11-13;/h2-11,15H,1H3;1H. The van der Waals surface area contributed by atoms with Crippen LogP contribution in [0, 0.1) is 0 Å². The van der Waals surface area contributed by atoms with Crippen molar-refractivity contribution < 1.29 is 9.63 Å². The van der Waals surface area contributed by atoms with E-state index >= 15 is 0 Å². The average Bonchev–Trinajstić information content (AvgIpc) is 2.42. The van der Waals surface area contributed by atoms with Crippen LogP contribution in [0.3, 0.4) is 0 Å². The number of anilines is 2. The highest BCUT2D eigenvalue weighted by atomic mass is 35.5. The van der Waals surface area contributed by atoms with Crippen LogP contribution in [-0.4, -0.2) is 13.1 Å². The smallest absolute Gasteiger partial charge is 0.354 e. The van der Waals surface area contributed by atoms with Crippen molar-refractivity contribution in [2.75, 3.05) is 11.9 Å². The molecule has 19 heavy (non-hydrogen) atoms. The van der Waals surface area contributed by atoms with Crippen molar-refractivity contribution in [1.29, 1.82) is 0 Å². The number of nitrogens with one attached hydrogen (secondary N) is 1. The molecule has 2 aromatic carbocycles. The molecule has 0 atom stereocenters. The molecule has 1 N–H and O–H groups in total. The highest BCUT2D eigenvalue weighted by Crippen LogP contribution is 2.25. The minimum Gasteiger partial charge on any atom is -0.354 e. The molecule has 0 radical (unpaired) electrons. The van der Waals surface area contributed by atoms with E-state index in [1.54, 1.807) is 7.05 Å². The van der Waals surface area contributed by atoms with Gasteiger partial charge in [0, 0.05) is 7.05 Å². The van der Waals surface area contributed by atoms with Gasteiger partial charge in [-0.1, -0.05) is 36.4 Å². The summed E-state index contributed by atoms with van der Waals surface area (Å²) in [7, 11) is 1.55. The number of carbonyl (C=O) groups is 1. The molecule has 0 bridgehead atoms. The van der Waals surface area contributed by atoms with Gasteiger partial charge in [0.1, 0.15) is 0 Å². The number of halogens is 1. The molecule has 0 aromatic heterocycles. The van der Waals surface area contributed by atoms with Gasteiger partial charge in [0.25, 0.3) is 0 Å². The maximum atomic E-state index is 12.0. The van der Waals surface area contributed by atoms with Gasteiger partial charge in [0.05, 0.1) is 11.4 Å². The Hall–Kier alpha value is -2.04. The molecule has 0 saturated carbocycles. The topological polar surface area (TPSA) is 41.6 Å². The average molecular weight is 279 g/mol. The third-order valence-electron chi connectivity index (χ3n) is 2.40. The van der Waals surface area contributed by atoms with Crippen LogP contribution in [0.5, 0.6) is 0 Å². The number of rotatable bonds is 3. The summed E-state index contributed by atoms with van der Waals surface area (Å²) >= 11 is 0. The van der Waals surface area contributed by atoms with Crippen molar-refractivity contribution in [3.05, 3.63) is 60.7 Å². The molecule has 0 heterocycles. The van der Waals surface area contributed by atoms with E-state index in [-0.39, 0.29) is 12.4 Å². The van der Waals surface area contributed by atoms with Crippen molar-refractivity contribution in [1.82, 2.24) is 5.48 Å². The van der Waals surface area contributed by atoms with Gasteiger partial charge in [-0.05, 0) is 24.3 Å². The number of amides is 1. The lowest BCUT2D eigenvalue weighted by Crippen LogP contribution is -2.30. The summed E-state index contributed by atoms with van der Waals surface area (Å²) in [6.07, 6.45) is -0.477. The van der Waals surface area contributed by atoms with Crippen LogP contribution in [0.2, 0.25) is 0 Å². The Kier molecular flexibility index (Phi) is 5.85. The number of benzene rings is 2. The molecule has 0 aliphatic heterocycles. The number of carbonyl (C=O) groups excluding carboxylic acids is 1. The fourth-order valence-electron chi connectivity index (χ4n) is 1.65. The molecule has 0 aliphatic rings. The van der Waals surface area contributed by atoms with Crippen molar-refractivity contribution in [2.24, 2.45) is 0 Å². The third kappa shape index (κ3) is 3.71. The fourth-order valence-corrected chi connectivity index (χ4v) is 1.65. The summed E-state index contributed by atoms with van der Waals surface area (Å²) < 4.78 is 0. The Morgan fingerprint density at radius 1 is 0.947 bits per heavy atom. The van der Waals surface area contributed by atoms with Crippen LogP contribution >= 0.6 is 12.4 Å². The maximum absolute atomic E-state index is 12.0. The van der Waals surface area contributed by atoms with Crippen LogP contribution in [0.25, 0.3) is 0 Å². The first kappa shape index (κ1) is 15.0. The first-order chi connectivity index (χ1) is 8.83. The first-order valence-corrected chi connectivity index (χ1v) is 5.60. The lowest BCUT2D eigenvalue weighted by Gasteiger charge is -2.21. The molecule has 0 saturated heterocycles. The number of nitrogens with zero attached hydrogens (tertiary/aromatic N) is 1. The first-order valence-electron chi connectivity index (χ1n) is 5.60. The number of para-hydroxylation sites is 2. The van der Waals surface area contributed by atoms with Gasteiger partial charge < -0.3 is 4.84 Å². The van der Waals surface area contributed by atoms with Crippen LogP contribution in [0.1, 0.15) is 0 Å². The Morgan fingerprint density at radius 3 is 1.74 bits per heavy atom. The van der Waals surface area contributed by atoms with E-state index in [2.05, 4.69) is 5.48 Å². The molecule has 4 nitrogen and oxygen atoms in total. The molecule has 2 aromatic rings. The maximum Gasteiger partial charge on any atom is 0.437 e. The van der Waals surface area contributed by atoms with Crippen LogP contribution in [-0.2, 0) is 4.84 Å². The normalized spacial score (nSPS) is 9.32. The Labute approximate surface area is 118 Å². The van der Waals surface area contributed by atoms with Gasteiger partial charge in [0.15, 0.2) is 0 Å². The summed E-state index contributed by atoms with van der Waals surface area (Å²) in [4.78, 5) is 18.3. The summed E-state index contributed by atoms with van der Waals surface area (Å²) in [6, 6.07) is 18.7. The Balaban J connectivity index is 0.00000180. The van der Waals surface area contributed by atoms with Crippen molar-refractivity contribution in [3.63, 3.8) is 0 Å². The molecule has 0 fully saturated rings.